The third-order valence-electron chi connectivity index (χ3n) is 1.78. The van der Waals surface area contributed by atoms with Crippen molar-refractivity contribution in [1.82, 2.24) is 4.98 Å². The highest BCUT2D eigenvalue weighted by molar-refractivity contribution is 5.70. The Kier molecular flexibility index (Phi) is 4.20. The first-order valence-electron chi connectivity index (χ1n) is 4.63. The fraction of sp³-hybridized carbons (Fsp3) is 0.182. The summed E-state index contributed by atoms with van der Waals surface area (Å²) in [5.74, 6) is -1.83. The molecule has 0 aliphatic carbocycles. The molecular formula is C11H11NO4. The number of carbonyl (C=O) groups is 2. The van der Waals surface area contributed by atoms with Crippen LogP contribution in [0.15, 0.2) is 24.4 Å². The summed E-state index contributed by atoms with van der Waals surface area (Å²) in [7, 11) is 0. The molecule has 0 unspecified atom stereocenters. The van der Waals surface area contributed by atoms with E-state index in [1.165, 1.54) is 12.3 Å². The molecule has 0 aromatic carbocycles. The highest BCUT2D eigenvalue weighted by atomic mass is 16.4. The Bertz CT molecular complexity index is 408. The van der Waals surface area contributed by atoms with Crippen LogP contribution in [0.1, 0.15) is 17.7 Å². The summed E-state index contributed by atoms with van der Waals surface area (Å²) in [4.78, 5) is 24.6. The van der Waals surface area contributed by atoms with Crippen LogP contribution in [0.4, 0.5) is 0 Å². The lowest BCUT2D eigenvalue weighted by atomic mass is 10.2. The number of pyridine rings is 1. The van der Waals surface area contributed by atoms with E-state index in [4.69, 9.17) is 10.2 Å². The Hall–Kier alpha value is -2.17. The molecule has 0 fully saturated rings. The monoisotopic (exact) mass is 221 g/mol. The van der Waals surface area contributed by atoms with E-state index in [9.17, 15) is 9.59 Å². The van der Waals surface area contributed by atoms with Crippen molar-refractivity contribution in [3.8, 4) is 0 Å². The van der Waals surface area contributed by atoms with E-state index in [0.29, 0.717) is 5.69 Å². The lowest BCUT2D eigenvalue weighted by molar-refractivity contribution is -0.137. The molecule has 0 saturated heterocycles. The van der Waals surface area contributed by atoms with E-state index in [1.54, 1.807) is 18.2 Å². The maximum Gasteiger partial charge on any atom is 0.309 e. The lowest BCUT2D eigenvalue weighted by Crippen LogP contribution is -2.01. The standard InChI is InChI=1S/C11H11NO4/c13-10(14)3-1-2-8-4-5-9(12-7-8)6-11(15)16/h1-2,4-5,7H,3,6H2,(H,13,14)(H,15,16). The summed E-state index contributed by atoms with van der Waals surface area (Å²) in [6.45, 7) is 0. The molecule has 5 heteroatoms. The first kappa shape index (κ1) is 11.9. The van der Waals surface area contributed by atoms with Gasteiger partial charge in [-0.05, 0) is 11.6 Å². The Balaban J connectivity index is 2.60. The Morgan fingerprint density at radius 2 is 2.00 bits per heavy atom. The number of carboxylic acids is 2. The van der Waals surface area contributed by atoms with E-state index < -0.39 is 11.9 Å². The lowest BCUT2D eigenvalue weighted by Gasteiger charge is -1.96. The minimum Gasteiger partial charge on any atom is -0.481 e. The van der Waals surface area contributed by atoms with Crippen LogP contribution < -0.4 is 0 Å². The van der Waals surface area contributed by atoms with Crippen LogP contribution in [0.5, 0.6) is 0 Å². The molecule has 0 aliphatic heterocycles. The van der Waals surface area contributed by atoms with Gasteiger partial charge in [0.2, 0.25) is 0 Å². The van der Waals surface area contributed by atoms with Crippen molar-refractivity contribution in [2.24, 2.45) is 0 Å². The Labute approximate surface area is 92.1 Å². The SMILES string of the molecule is O=C(O)CC=Cc1ccc(CC(=O)O)nc1. The van der Waals surface area contributed by atoms with Gasteiger partial charge in [-0.25, -0.2) is 0 Å². The molecule has 16 heavy (non-hydrogen) atoms. The predicted molar refractivity (Wildman–Crippen MR) is 56.9 cm³/mol. The predicted octanol–water partition coefficient (Wildman–Crippen LogP) is 1.20. The van der Waals surface area contributed by atoms with Gasteiger partial charge in [0.05, 0.1) is 18.5 Å². The summed E-state index contributed by atoms with van der Waals surface area (Å²) in [5.41, 5.74) is 1.22. The fourth-order valence-corrected chi connectivity index (χ4v) is 1.09. The first-order valence-corrected chi connectivity index (χ1v) is 4.63. The molecule has 0 spiro atoms. The highest BCUT2D eigenvalue weighted by Gasteiger charge is 2.00. The van der Waals surface area contributed by atoms with Gasteiger partial charge in [0.25, 0.3) is 0 Å². The average Bonchev–Trinajstić information content (AvgIpc) is 2.19. The molecule has 1 aromatic heterocycles. The topological polar surface area (TPSA) is 87.5 Å². The van der Waals surface area contributed by atoms with Crippen LogP contribution in [-0.2, 0) is 16.0 Å². The number of hydrogen-bond donors (Lipinski definition) is 2. The summed E-state index contributed by atoms with van der Waals surface area (Å²) in [5, 5.41) is 16.9. The number of hydrogen-bond acceptors (Lipinski definition) is 3. The van der Waals surface area contributed by atoms with Gasteiger partial charge in [0.15, 0.2) is 0 Å². The van der Waals surface area contributed by atoms with Gasteiger partial charge in [-0.2, -0.15) is 0 Å². The molecule has 0 bridgehead atoms. The largest absolute Gasteiger partial charge is 0.481 e. The normalized spacial score (nSPS) is 10.5. The molecule has 5 nitrogen and oxygen atoms in total. The van der Waals surface area contributed by atoms with E-state index in [0.717, 1.165) is 5.56 Å². The Morgan fingerprint density at radius 3 is 2.50 bits per heavy atom. The second-order valence-corrected chi connectivity index (χ2v) is 3.15. The van der Waals surface area contributed by atoms with Crippen LogP contribution >= 0.6 is 0 Å². The number of aliphatic carboxylic acids is 2. The van der Waals surface area contributed by atoms with Crippen molar-refractivity contribution in [3.05, 3.63) is 35.7 Å². The summed E-state index contributed by atoms with van der Waals surface area (Å²) < 4.78 is 0. The number of aromatic nitrogens is 1. The van der Waals surface area contributed by atoms with Gasteiger partial charge in [-0.3, -0.25) is 14.6 Å². The smallest absolute Gasteiger partial charge is 0.309 e. The van der Waals surface area contributed by atoms with Crippen molar-refractivity contribution >= 4 is 18.0 Å². The number of rotatable bonds is 5. The van der Waals surface area contributed by atoms with Crippen molar-refractivity contribution < 1.29 is 19.8 Å². The highest BCUT2D eigenvalue weighted by Crippen LogP contribution is 2.04. The maximum atomic E-state index is 10.4. The van der Waals surface area contributed by atoms with Crippen LogP contribution in [0, 0.1) is 0 Å². The average molecular weight is 221 g/mol. The molecule has 0 radical (unpaired) electrons. The maximum absolute atomic E-state index is 10.4. The van der Waals surface area contributed by atoms with Gasteiger partial charge in [-0.1, -0.05) is 18.2 Å². The minimum absolute atomic E-state index is 0.0448. The number of carboxylic acid groups (broad SMARTS) is 2. The third kappa shape index (κ3) is 4.36. The van der Waals surface area contributed by atoms with Crippen molar-refractivity contribution in [3.63, 3.8) is 0 Å². The molecule has 0 saturated carbocycles. The van der Waals surface area contributed by atoms with Crippen LogP contribution in [0.2, 0.25) is 0 Å². The van der Waals surface area contributed by atoms with Gasteiger partial charge < -0.3 is 10.2 Å². The van der Waals surface area contributed by atoms with Gasteiger partial charge >= 0.3 is 11.9 Å². The summed E-state index contributed by atoms with van der Waals surface area (Å²) in [6.07, 6.45) is 4.49. The second-order valence-electron chi connectivity index (χ2n) is 3.15. The molecule has 0 atom stereocenters. The molecule has 1 rings (SSSR count). The molecular weight excluding hydrogens is 210 g/mol. The van der Waals surface area contributed by atoms with Crippen LogP contribution in [0.3, 0.4) is 0 Å². The zero-order chi connectivity index (χ0) is 12.0. The van der Waals surface area contributed by atoms with Crippen LogP contribution in [-0.4, -0.2) is 27.1 Å². The molecule has 84 valence electrons. The summed E-state index contributed by atoms with van der Waals surface area (Å²) >= 11 is 0. The molecule has 0 amide bonds. The van der Waals surface area contributed by atoms with Crippen molar-refractivity contribution in [2.45, 2.75) is 12.8 Å². The van der Waals surface area contributed by atoms with E-state index in [-0.39, 0.29) is 12.8 Å². The third-order valence-corrected chi connectivity index (χ3v) is 1.78. The first-order chi connectivity index (χ1) is 7.58. The van der Waals surface area contributed by atoms with Gasteiger partial charge in [-0.15, -0.1) is 0 Å². The molecule has 1 aromatic rings. The minimum atomic E-state index is -0.929. The zero-order valence-corrected chi connectivity index (χ0v) is 8.46. The zero-order valence-electron chi connectivity index (χ0n) is 8.46. The van der Waals surface area contributed by atoms with E-state index >= 15 is 0 Å². The van der Waals surface area contributed by atoms with Gasteiger partial charge in [0.1, 0.15) is 0 Å². The second kappa shape index (κ2) is 5.65. The van der Waals surface area contributed by atoms with Gasteiger partial charge in [0, 0.05) is 6.20 Å². The van der Waals surface area contributed by atoms with Crippen LogP contribution in [0.25, 0.3) is 6.08 Å². The molecule has 1 heterocycles. The number of nitrogens with zero attached hydrogens (tertiary/aromatic N) is 1. The Morgan fingerprint density at radius 1 is 1.25 bits per heavy atom. The fourth-order valence-electron chi connectivity index (χ4n) is 1.09. The summed E-state index contributed by atoms with van der Waals surface area (Å²) in [6, 6.07) is 3.30. The van der Waals surface area contributed by atoms with E-state index in [1.807, 2.05) is 0 Å². The molecule has 2 N–H and O–H groups in total. The van der Waals surface area contributed by atoms with Crippen molar-refractivity contribution in [2.75, 3.05) is 0 Å². The molecule has 0 aliphatic rings. The van der Waals surface area contributed by atoms with Crippen molar-refractivity contribution in [1.29, 1.82) is 0 Å². The van der Waals surface area contributed by atoms with E-state index in [2.05, 4.69) is 4.98 Å². The quantitative estimate of drug-likeness (QED) is 0.779.